The molecular formula is C28H25OP. The van der Waals surface area contributed by atoms with E-state index in [4.69, 9.17) is 0 Å². The van der Waals surface area contributed by atoms with E-state index in [1.165, 1.54) is 21.5 Å². The van der Waals surface area contributed by atoms with Crippen LogP contribution in [0.3, 0.4) is 0 Å². The summed E-state index contributed by atoms with van der Waals surface area (Å²) in [5.74, 6) is 2.62. The van der Waals surface area contributed by atoms with Crippen molar-refractivity contribution in [2.45, 2.75) is 13.3 Å². The highest BCUT2D eigenvalue weighted by atomic mass is 31.2. The van der Waals surface area contributed by atoms with Crippen molar-refractivity contribution < 1.29 is 4.79 Å². The Bertz CT molecular complexity index is 1120. The van der Waals surface area contributed by atoms with Gasteiger partial charge in [0.25, 0.3) is 0 Å². The zero-order chi connectivity index (χ0) is 20.8. The summed E-state index contributed by atoms with van der Waals surface area (Å²) in [5.41, 5.74) is 1.98. The van der Waals surface area contributed by atoms with Gasteiger partial charge < -0.3 is 0 Å². The van der Waals surface area contributed by atoms with Crippen LogP contribution in [0.4, 0.5) is 0 Å². The molecule has 0 saturated heterocycles. The lowest BCUT2D eigenvalue weighted by Gasteiger charge is -2.29. The van der Waals surface area contributed by atoms with Crippen molar-refractivity contribution in [1.29, 1.82) is 0 Å². The number of benzene rings is 4. The molecule has 0 atom stereocenters. The van der Waals surface area contributed by atoms with E-state index in [0.717, 1.165) is 5.56 Å². The van der Waals surface area contributed by atoms with Crippen molar-refractivity contribution in [3.05, 3.63) is 126 Å². The highest BCUT2D eigenvalue weighted by molar-refractivity contribution is 7.94. The van der Waals surface area contributed by atoms with Gasteiger partial charge in [0, 0.05) is 12.0 Å². The predicted molar refractivity (Wildman–Crippen MR) is 131 cm³/mol. The van der Waals surface area contributed by atoms with Crippen LogP contribution in [0.15, 0.2) is 115 Å². The van der Waals surface area contributed by atoms with Crippen LogP contribution in [0.2, 0.25) is 0 Å². The van der Waals surface area contributed by atoms with Crippen molar-refractivity contribution in [2.24, 2.45) is 0 Å². The molecule has 4 aromatic rings. The zero-order valence-corrected chi connectivity index (χ0v) is 18.0. The van der Waals surface area contributed by atoms with E-state index in [1.54, 1.807) is 0 Å². The van der Waals surface area contributed by atoms with Crippen LogP contribution in [0.1, 0.15) is 29.3 Å². The molecule has 4 aromatic carbocycles. The van der Waals surface area contributed by atoms with Crippen LogP contribution in [0.5, 0.6) is 0 Å². The quantitative estimate of drug-likeness (QED) is 0.307. The Kier molecular flexibility index (Phi) is 6.12. The van der Waals surface area contributed by atoms with Gasteiger partial charge in [-0.15, -0.1) is 0 Å². The van der Waals surface area contributed by atoms with Gasteiger partial charge in [0.1, 0.15) is 0 Å². The first-order valence-electron chi connectivity index (χ1n) is 10.3. The van der Waals surface area contributed by atoms with Gasteiger partial charge in [-0.1, -0.05) is 122 Å². The Morgan fingerprint density at radius 2 is 1.07 bits per heavy atom. The van der Waals surface area contributed by atoms with Gasteiger partial charge in [-0.25, -0.2) is 0 Å². The Morgan fingerprint density at radius 1 is 0.633 bits per heavy atom. The largest absolute Gasteiger partial charge is 0.294 e. The maximum atomic E-state index is 12.2. The van der Waals surface area contributed by atoms with E-state index in [-0.39, 0.29) is 5.78 Å². The van der Waals surface area contributed by atoms with E-state index >= 15 is 0 Å². The number of Topliss-reactive ketones (excluding diaryl/α,β-unsaturated/α-hetero) is 1. The van der Waals surface area contributed by atoms with Crippen molar-refractivity contribution >= 4 is 34.4 Å². The lowest BCUT2D eigenvalue weighted by Crippen LogP contribution is -2.27. The highest BCUT2D eigenvalue weighted by Crippen LogP contribution is 2.44. The number of carbonyl (C=O) groups is 1. The van der Waals surface area contributed by atoms with Gasteiger partial charge in [0.15, 0.2) is 5.78 Å². The van der Waals surface area contributed by atoms with Crippen molar-refractivity contribution in [3.63, 3.8) is 0 Å². The van der Waals surface area contributed by atoms with E-state index in [9.17, 15) is 4.79 Å². The second-order valence-corrected chi connectivity index (χ2v) is 10.5. The van der Waals surface area contributed by atoms with Crippen molar-refractivity contribution in [3.8, 4) is 0 Å². The van der Waals surface area contributed by atoms with Gasteiger partial charge in [-0.05, 0) is 34.2 Å². The number of carbonyl (C=O) groups excluding carboxylic acids is 1. The molecule has 30 heavy (non-hydrogen) atoms. The Balaban J connectivity index is 2.06. The van der Waals surface area contributed by atoms with Crippen LogP contribution in [-0.4, -0.2) is 11.6 Å². The molecule has 148 valence electrons. The number of ketones is 1. The molecule has 0 fully saturated rings. The fraction of sp³-hybridized carbons (Fsp3) is 0.0714. The smallest absolute Gasteiger partial charge is 0.162 e. The summed E-state index contributed by atoms with van der Waals surface area (Å²) < 4.78 is 0. The Hall–Kier alpha value is -3.15. The molecule has 0 bridgehead atoms. The number of rotatable bonds is 6. The van der Waals surface area contributed by atoms with Crippen LogP contribution in [0.25, 0.3) is 0 Å². The first-order chi connectivity index (χ1) is 14.7. The molecule has 0 radical (unpaired) electrons. The molecule has 0 unspecified atom stereocenters. The summed E-state index contributed by atoms with van der Waals surface area (Å²) >= 11 is 0. The normalized spacial score (nSPS) is 11.1. The van der Waals surface area contributed by atoms with E-state index in [2.05, 4.69) is 103 Å². The fourth-order valence-corrected chi connectivity index (χ4v) is 7.71. The minimum atomic E-state index is -2.07. The molecule has 2 heteroatoms. The van der Waals surface area contributed by atoms with E-state index in [0.29, 0.717) is 6.42 Å². The molecule has 0 aliphatic rings. The molecule has 0 N–H and O–H groups in total. The maximum absolute atomic E-state index is 12.2. The number of hydrogen-bond acceptors (Lipinski definition) is 1. The van der Waals surface area contributed by atoms with Crippen molar-refractivity contribution in [1.82, 2.24) is 0 Å². The van der Waals surface area contributed by atoms with Gasteiger partial charge in [-0.3, -0.25) is 4.79 Å². The lowest BCUT2D eigenvalue weighted by atomic mass is 10.1. The van der Waals surface area contributed by atoms with Gasteiger partial charge in [-0.2, -0.15) is 0 Å². The van der Waals surface area contributed by atoms with E-state index < -0.39 is 6.89 Å². The van der Waals surface area contributed by atoms with Gasteiger partial charge in [0.05, 0.1) is 0 Å². The summed E-state index contributed by atoms with van der Waals surface area (Å²) in [4.78, 5) is 12.2. The molecule has 4 rings (SSSR count). The average molecular weight is 408 g/mol. The molecule has 0 heterocycles. The lowest BCUT2D eigenvalue weighted by molar-refractivity contribution is 0.0988. The molecule has 0 aliphatic heterocycles. The predicted octanol–water partition coefficient (Wildman–Crippen LogP) is 5.42. The molecule has 0 aromatic heterocycles. The Labute approximate surface area is 179 Å². The molecular weight excluding hydrogens is 383 g/mol. The Morgan fingerprint density at radius 3 is 1.53 bits per heavy atom. The molecule has 0 spiro atoms. The molecule has 1 nitrogen and oxygen atoms in total. The average Bonchev–Trinajstić information content (AvgIpc) is 2.84. The second kappa shape index (κ2) is 9.11. The van der Waals surface area contributed by atoms with Gasteiger partial charge in [0.2, 0.25) is 0 Å². The number of hydrogen-bond donors (Lipinski definition) is 0. The summed E-state index contributed by atoms with van der Waals surface area (Å²) in [6, 6.07) is 40.3. The third-order valence-corrected chi connectivity index (χ3v) is 9.41. The summed E-state index contributed by atoms with van der Waals surface area (Å²) in [5, 5.41) is 3.85. The van der Waals surface area contributed by atoms with Crippen LogP contribution >= 0.6 is 6.89 Å². The monoisotopic (exact) mass is 408 g/mol. The molecule has 0 aliphatic carbocycles. The molecule has 0 amide bonds. The fourth-order valence-electron chi connectivity index (χ4n) is 3.85. The standard InChI is InChI=1S/C28H25OP/c1-2-28(29)24-18-20-27(21-19-24)30(25-14-8-4-9-15-25,26-16-10-5-11-17-26)22-23-12-6-3-7-13-23/h3-22H,2H2,1H3. The van der Waals surface area contributed by atoms with Crippen LogP contribution in [0, 0.1) is 0 Å². The summed E-state index contributed by atoms with van der Waals surface area (Å²) in [6.07, 6.45) is 0.521. The first-order valence-corrected chi connectivity index (χ1v) is 12.1. The second-order valence-electron chi connectivity index (χ2n) is 7.26. The highest BCUT2D eigenvalue weighted by Gasteiger charge is 2.25. The van der Waals surface area contributed by atoms with E-state index in [1.807, 2.05) is 25.1 Å². The zero-order valence-electron chi connectivity index (χ0n) is 17.1. The van der Waals surface area contributed by atoms with Gasteiger partial charge >= 0.3 is 0 Å². The summed E-state index contributed by atoms with van der Waals surface area (Å²) in [6.45, 7) is -0.163. The minimum absolute atomic E-state index is 0.178. The van der Waals surface area contributed by atoms with Crippen molar-refractivity contribution in [2.75, 3.05) is 0 Å². The topological polar surface area (TPSA) is 17.1 Å². The molecule has 0 saturated carbocycles. The SMILES string of the molecule is CCC(=O)c1ccc(P(=Cc2ccccc2)(c2ccccc2)c2ccccc2)cc1. The first kappa shape index (κ1) is 20.1. The third-order valence-electron chi connectivity index (χ3n) is 5.39. The minimum Gasteiger partial charge on any atom is -0.294 e. The maximum Gasteiger partial charge on any atom is 0.162 e. The van der Waals surface area contributed by atoms with Crippen LogP contribution < -0.4 is 15.9 Å². The van der Waals surface area contributed by atoms with Crippen LogP contribution in [-0.2, 0) is 0 Å². The summed E-state index contributed by atoms with van der Waals surface area (Å²) in [7, 11) is 0. The third kappa shape index (κ3) is 3.95.